The minimum absolute atomic E-state index is 0.0368. The molecule has 1 aromatic heterocycles. The summed E-state index contributed by atoms with van der Waals surface area (Å²) in [7, 11) is 0. The number of anilines is 3. The summed E-state index contributed by atoms with van der Waals surface area (Å²) in [5.41, 5.74) is 2.57. The average Bonchev–Trinajstić information content (AvgIpc) is 4.00. The molecule has 11 aromatic rings. The van der Waals surface area contributed by atoms with Gasteiger partial charge in [0.2, 0.25) is 0 Å². The Bertz CT molecular complexity index is 4250. The SMILES string of the molecule is [2H]c1c([2H])c([2H])c(-c2c([2H])c([2H])c(N(c3ccc(-c4ccccc4)cc3)c3c([2H])c([2H])c(-c4ccc5c(c4)c4ccccc4n5-c4ccccc4-c4ccccc4)c([2H])c3[2H])c(-c3c([2H])c([2H])c([2H])c([2H])c3[2H])c2[2H])c([2H])c1[2H]. The van der Waals surface area contributed by atoms with E-state index in [0.717, 1.165) is 49.1 Å². The van der Waals surface area contributed by atoms with Gasteiger partial charge in [-0.25, -0.2) is 0 Å². The van der Waals surface area contributed by atoms with Gasteiger partial charge in [-0.05, 0) is 105 Å². The molecule has 11 rings (SSSR count). The van der Waals surface area contributed by atoms with Crippen LogP contribution >= 0.6 is 0 Å². The molecule has 0 N–H and O–H groups in total. The molecule has 0 atom stereocenters. The summed E-state index contributed by atoms with van der Waals surface area (Å²) in [6.45, 7) is 0. The Labute approximate surface area is 386 Å². The summed E-state index contributed by atoms with van der Waals surface area (Å²) in [5.74, 6) is 0. The molecule has 0 spiro atoms. The summed E-state index contributed by atoms with van der Waals surface area (Å²) in [5, 5.41) is 1.61. The fraction of sp³-hybridized carbons (Fsp3) is 0. The molecule has 292 valence electrons. The van der Waals surface area contributed by atoms with E-state index in [2.05, 4.69) is 4.57 Å². The van der Waals surface area contributed by atoms with Gasteiger partial charge >= 0.3 is 0 Å². The second-order valence-corrected chi connectivity index (χ2v) is 14.4. The van der Waals surface area contributed by atoms with E-state index in [9.17, 15) is 12.3 Å². The molecule has 0 aliphatic heterocycles. The van der Waals surface area contributed by atoms with E-state index in [4.69, 9.17) is 11.0 Å². The van der Waals surface area contributed by atoms with Crippen molar-refractivity contribution in [3.05, 3.63) is 254 Å². The molecule has 0 fully saturated rings. The van der Waals surface area contributed by atoms with Gasteiger partial charge in [0.25, 0.3) is 0 Å². The van der Waals surface area contributed by atoms with Crippen LogP contribution in [0.2, 0.25) is 0 Å². The molecule has 1 heterocycles. The number of rotatable bonds is 9. The number of benzene rings is 10. The first-order valence-electron chi connectivity index (χ1n) is 28.4. The maximum absolute atomic E-state index is 9.94. The van der Waals surface area contributed by atoms with Crippen molar-refractivity contribution in [3.63, 3.8) is 0 Å². The highest BCUT2D eigenvalue weighted by atomic mass is 15.1. The Kier molecular flexibility index (Phi) is 5.97. The van der Waals surface area contributed by atoms with Gasteiger partial charge in [-0.2, -0.15) is 0 Å². The van der Waals surface area contributed by atoms with Crippen molar-refractivity contribution in [1.29, 1.82) is 0 Å². The molecule has 10 aromatic carbocycles. The highest BCUT2D eigenvalue weighted by Crippen LogP contribution is 2.44. The van der Waals surface area contributed by atoms with Gasteiger partial charge < -0.3 is 9.47 Å². The topological polar surface area (TPSA) is 8.17 Å². The zero-order valence-electron chi connectivity index (χ0n) is 49.8. The molecule has 0 bridgehead atoms. The highest BCUT2D eigenvalue weighted by Gasteiger charge is 2.20. The van der Waals surface area contributed by atoms with E-state index in [1.165, 1.54) is 0 Å². The highest BCUT2D eigenvalue weighted by molar-refractivity contribution is 6.11. The van der Waals surface area contributed by atoms with Gasteiger partial charge in [0.05, 0.1) is 45.7 Å². The van der Waals surface area contributed by atoms with Crippen LogP contribution in [-0.4, -0.2) is 4.57 Å². The second kappa shape index (κ2) is 16.1. The minimum Gasteiger partial charge on any atom is -0.310 e. The predicted molar refractivity (Wildman–Crippen MR) is 263 cm³/mol. The van der Waals surface area contributed by atoms with Crippen molar-refractivity contribution in [2.45, 2.75) is 0 Å². The molecule has 2 nitrogen and oxygen atoms in total. The van der Waals surface area contributed by atoms with Gasteiger partial charge in [-0.3, -0.25) is 0 Å². The lowest BCUT2D eigenvalue weighted by Crippen LogP contribution is -2.11. The van der Waals surface area contributed by atoms with Crippen molar-refractivity contribution < 1.29 is 23.3 Å². The van der Waals surface area contributed by atoms with E-state index < -0.39 is 136 Å². The second-order valence-electron chi connectivity index (χ2n) is 14.4. The summed E-state index contributed by atoms with van der Waals surface area (Å²) in [4.78, 5) is 1.10. The molecule has 0 aliphatic rings. The largest absolute Gasteiger partial charge is 0.310 e. The molecule has 0 saturated carbocycles. The number of hydrogen-bond acceptors (Lipinski definition) is 1. The zero-order chi connectivity index (χ0) is 56.0. The molecule has 0 radical (unpaired) electrons. The fourth-order valence-corrected chi connectivity index (χ4v) is 7.91. The van der Waals surface area contributed by atoms with Crippen molar-refractivity contribution in [2.24, 2.45) is 0 Å². The normalized spacial score (nSPS) is 15.1. The van der Waals surface area contributed by atoms with Crippen LogP contribution in [0.15, 0.2) is 254 Å². The van der Waals surface area contributed by atoms with E-state index >= 15 is 0 Å². The van der Waals surface area contributed by atoms with Gasteiger partial charge in [-0.15, -0.1) is 0 Å². The number of aromatic nitrogens is 1. The Morgan fingerprint density at radius 1 is 0.339 bits per heavy atom. The number of fused-ring (bicyclic) bond motifs is 3. The third-order valence-corrected chi connectivity index (χ3v) is 10.8. The average molecular weight is 808 g/mol. The lowest BCUT2D eigenvalue weighted by Gasteiger charge is -2.29. The van der Waals surface area contributed by atoms with Crippen LogP contribution in [0.1, 0.15) is 23.3 Å². The van der Waals surface area contributed by atoms with Crippen LogP contribution < -0.4 is 4.90 Å². The maximum Gasteiger partial charge on any atom is 0.0645 e. The molecular weight excluding hydrogens is 749 g/mol. The lowest BCUT2D eigenvalue weighted by molar-refractivity contribution is 1.18. The van der Waals surface area contributed by atoms with Crippen LogP contribution in [0.25, 0.3) is 83.1 Å². The van der Waals surface area contributed by atoms with Crippen molar-refractivity contribution in [3.8, 4) is 61.3 Å². The summed E-state index contributed by atoms with van der Waals surface area (Å²) >= 11 is 0. The summed E-state index contributed by atoms with van der Waals surface area (Å²) in [6.07, 6.45) is 0. The summed E-state index contributed by atoms with van der Waals surface area (Å²) < 4.78 is 158. The molecule has 0 aliphatic carbocycles. The quantitative estimate of drug-likeness (QED) is 0.141. The monoisotopic (exact) mass is 807 g/mol. The van der Waals surface area contributed by atoms with Crippen molar-refractivity contribution in [1.82, 2.24) is 4.57 Å². The van der Waals surface area contributed by atoms with E-state index in [1.54, 1.807) is 30.3 Å². The van der Waals surface area contributed by atoms with Crippen LogP contribution in [0.5, 0.6) is 0 Å². The van der Waals surface area contributed by atoms with Crippen molar-refractivity contribution in [2.75, 3.05) is 4.90 Å². The standard InChI is InChI=1S/C60H42N2/c1-5-17-43(18-6-1)45-29-35-51(36-30-45)61(59-39-33-49(44-19-7-2-8-20-44)41-55(59)48-23-11-4-12-24-48)52-37-31-46(32-38-52)50-34-40-60-56(42-50)54-26-14-16-28-58(54)62(60)57-27-15-13-25-53(57)47-21-9-3-10-22-47/h1-42H/i2D,4D,7D,8D,11D,12D,19D,20D,23D,24D,31D,32D,33D,37D,38D,39D,41D. The first-order chi connectivity index (χ1) is 37.8. The third kappa shape index (κ3) is 6.84. The van der Waals surface area contributed by atoms with Crippen LogP contribution in [0.4, 0.5) is 17.1 Å². The van der Waals surface area contributed by atoms with Crippen molar-refractivity contribution >= 4 is 38.9 Å². The van der Waals surface area contributed by atoms with Gasteiger partial charge in [0, 0.05) is 33.3 Å². The van der Waals surface area contributed by atoms with Crippen LogP contribution in [0, 0.1) is 0 Å². The first kappa shape index (κ1) is 23.0. The molecule has 62 heavy (non-hydrogen) atoms. The third-order valence-electron chi connectivity index (χ3n) is 10.8. The zero-order valence-corrected chi connectivity index (χ0v) is 32.8. The Morgan fingerprint density at radius 3 is 1.65 bits per heavy atom. The molecular formula is C60H42N2. The smallest absolute Gasteiger partial charge is 0.0645 e. The Morgan fingerprint density at radius 2 is 0.903 bits per heavy atom. The molecule has 0 unspecified atom stereocenters. The number of hydrogen-bond donors (Lipinski definition) is 0. The Balaban J connectivity index is 1.21. The molecule has 0 amide bonds. The van der Waals surface area contributed by atoms with E-state index in [-0.39, 0.29) is 11.3 Å². The van der Waals surface area contributed by atoms with Crippen LogP contribution in [-0.2, 0) is 0 Å². The molecule has 0 saturated heterocycles. The van der Waals surface area contributed by atoms with Gasteiger partial charge in [0.15, 0.2) is 0 Å². The van der Waals surface area contributed by atoms with Gasteiger partial charge in [-0.1, -0.05) is 194 Å². The molecule has 2 heteroatoms. The van der Waals surface area contributed by atoms with E-state index in [0.29, 0.717) is 11.1 Å². The maximum atomic E-state index is 9.94. The first-order valence-corrected chi connectivity index (χ1v) is 19.9. The number of nitrogens with zero attached hydrogens (tertiary/aromatic N) is 2. The van der Waals surface area contributed by atoms with Gasteiger partial charge in [0.1, 0.15) is 0 Å². The summed E-state index contributed by atoms with van der Waals surface area (Å²) in [6, 6.07) is 33.6. The minimum atomic E-state index is -0.885. The van der Waals surface area contributed by atoms with E-state index in [1.807, 2.05) is 121 Å². The Hall–Kier alpha value is -8.20. The predicted octanol–water partition coefficient (Wildman–Crippen LogP) is 16.6. The van der Waals surface area contributed by atoms with Crippen LogP contribution in [0.3, 0.4) is 0 Å². The fourth-order valence-electron chi connectivity index (χ4n) is 7.91. The number of para-hydroxylation sites is 2. The lowest BCUT2D eigenvalue weighted by atomic mass is 9.96.